The zero-order valence-electron chi connectivity index (χ0n) is 13.2. The number of phenols is 1. The Kier molecular flexibility index (Phi) is 4.01. The van der Waals surface area contributed by atoms with Crippen LogP contribution in [0.25, 0.3) is 11.3 Å². The van der Waals surface area contributed by atoms with Gasteiger partial charge in [0.05, 0.1) is 11.3 Å². The first-order valence-corrected chi connectivity index (χ1v) is 9.54. The van der Waals surface area contributed by atoms with Crippen LogP contribution in [0.3, 0.4) is 0 Å². The van der Waals surface area contributed by atoms with E-state index in [1.807, 2.05) is 36.6 Å². The van der Waals surface area contributed by atoms with Gasteiger partial charge in [0.2, 0.25) is 5.16 Å². The molecule has 1 atom stereocenters. The van der Waals surface area contributed by atoms with E-state index in [-0.39, 0.29) is 17.5 Å². The highest BCUT2D eigenvalue weighted by atomic mass is 79.9. The molecule has 2 heterocycles. The molecule has 0 amide bonds. The Morgan fingerprint density at radius 3 is 2.72 bits per heavy atom. The zero-order chi connectivity index (χ0) is 17.6. The summed E-state index contributed by atoms with van der Waals surface area (Å²) in [7, 11) is 0. The van der Waals surface area contributed by atoms with Crippen LogP contribution in [0.5, 0.6) is 5.75 Å². The average molecular weight is 418 g/mol. The van der Waals surface area contributed by atoms with Crippen LogP contribution in [0.2, 0.25) is 0 Å². The first kappa shape index (κ1) is 16.2. The Labute approximate surface area is 156 Å². The van der Waals surface area contributed by atoms with E-state index in [0.29, 0.717) is 10.9 Å². The summed E-state index contributed by atoms with van der Waals surface area (Å²) >= 11 is 4.84. The van der Waals surface area contributed by atoms with Crippen molar-refractivity contribution in [1.29, 1.82) is 0 Å². The molecule has 0 spiro atoms. The number of H-pyrrole nitrogens is 1. The molecule has 3 N–H and O–H groups in total. The van der Waals surface area contributed by atoms with E-state index < -0.39 is 0 Å². The summed E-state index contributed by atoms with van der Waals surface area (Å²) in [5.41, 5.74) is 2.83. The van der Waals surface area contributed by atoms with Gasteiger partial charge in [0.15, 0.2) is 0 Å². The van der Waals surface area contributed by atoms with Gasteiger partial charge in [0, 0.05) is 15.1 Å². The highest BCUT2D eigenvalue weighted by Gasteiger charge is 2.37. The topological polar surface area (TPSA) is 81.9 Å². The van der Waals surface area contributed by atoms with Crippen molar-refractivity contribution in [3.63, 3.8) is 0 Å². The Balaban J connectivity index is 1.99. The first-order valence-electron chi connectivity index (χ1n) is 7.52. The van der Waals surface area contributed by atoms with Crippen molar-refractivity contribution >= 4 is 33.4 Å². The molecule has 0 unspecified atom stereocenters. The van der Waals surface area contributed by atoms with Crippen LogP contribution in [0, 0.1) is 0 Å². The Bertz CT molecular complexity index is 1020. The number of thioether (sulfide) groups is 1. The van der Waals surface area contributed by atoms with Gasteiger partial charge in [0.1, 0.15) is 5.75 Å². The fourth-order valence-electron chi connectivity index (χ4n) is 2.89. The normalized spacial score (nSPS) is 15.2. The van der Waals surface area contributed by atoms with Gasteiger partial charge >= 0.3 is 11.3 Å². The standard InChI is InChI=1S/C17H13BrN4O2S/c1-25-17-20-16(24)14-12-8-10(18)4-7-13(12)19-15(22(14)21-17)9-2-5-11(23)6-3-9/h2-8,15H,1H3,(H2,20,21,23,24)/p+1/t15-/m1/s1. The summed E-state index contributed by atoms with van der Waals surface area (Å²) in [6.45, 7) is 0. The monoisotopic (exact) mass is 417 g/mol. The number of rotatable bonds is 2. The second kappa shape index (κ2) is 6.20. The summed E-state index contributed by atoms with van der Waals surface area (Å²) in [4.78, 5) is 15.6. The van der Waals surface area contributed by atoms with Gasteiger partial charge in [0.25, 0.3) is 6.17 Å². The molecule has 1 aliphatic heterocycles. The van der Waals surface area contributed by atoms with Crippen LogP contribution in [0.15, 0.2) is 56.9 Å². The number of aromatic hydroxyl groups is 1. The molecule has 8 heteroatoms. The van der Waals surface area contributed by atoms with Crippen LogP contribution in [0.1, 0.15) is 11.7 Å². The average Bonchev–Trinajstić information content (AvgIpc) is 2.61. The van der Waals surface area contributed by atoms with Crippen LogP contribution in [-0.4, -0.2) is 21.4 Å². The number of fused-ring (bicyclic) bond motifs is 3. The number of aromatic amines is 1. The molecule has 0 radical (unpaired) electrons. The SMILES string of the molecule is CSc1n[n+]2c(c(=O)[nH]1)-c1cc(Br)ccc1N[C@H]2c1ccc(O)cc1. The Morgan fingerprint density at radius 1 is 1.24 bits per heavy atom. The van der Waals surface area contributed by atoms with E-state index in [1.165, 1.54) is 11.8 Å². The number of benzene rings is 2. The lowest BCUT2D eigenvalue weighted by Crippen LogP contribution is -2.55. The third-order valence-corrected chi connectivity index (χ3v) is 5.10. The fourth-order valence-corrected chi connectivity index (χ4v) is 3.61. The smallest absolute Gasteiger partial charge is 0.325 e. The van der Waals surface area contributed by atoms with Gasteiger partial charge in [-0.25, -0.2) is 0 Å². The number of nitrogens with zero attached hydrogens (tertiary/aromatic N) is 2. The number of hydrogen-bond donors (Lipinski definition) is 3. The number of phenolic OH excluding ortho intramolecular Hbond substituents is 1. The number of halogens is 1. The van der Waals surface area contributed by atoms with E-state index in [2.05, 4.69) is 31.3 Å². The first-order chi connectivity index (χ1) is 12.1. The molecule has 1 aliphatic rings. The van der Waals surface area contributed by atoms with Gasteiger partial charge in [-0.3, -0.25) is 9.78 Å². The van der Waals surface area contributed by atoms with Crippen molar-refractivity contribution in [3.05, 3.63) is 62.9 Å². The number of aromatic nitrogens is 3. The molecule has 6 nitrogen and oxygen atoms in total. The molecular formula is C17H14BrN4O2S+. The van der Waals surface area contributed by atoms with E-state index in [4.69, 9.17) is 0 Å². The maximum absolute atomic E-state index is 12.7. The molecular weight excluding hydrogens is 404 g/mol. The third kappa shape index (κ3) is 2.81. The molecule has 3 aromatic rings. The quantitative estimate of drug-likeness (QED) is 0.441. The molecule has 4 rings (SSSR count). The van der Waals surface area contributed by atoms with Crippen molar-refractivity contribution in [2.24, 2.45) is 0 Å². The lowest BCUT2D eigenvalue weighted by atomic mass is 10.0. The molecule has 0 bridgehead atoms. The fraction of sp³-hybridized carbons (Fsp3) is 0.118. The van der Waals surface area contributed by atoms with E-state index in [1.54, 1.807) is 16.8 Å². The third-order valence-electron chi connectivity index (χ3n) is 4.04. The molecule has 25 heavy (non-hydrogen) atoms. The zero-order valence-corrected chi connectivity index (χ0v) is 15.6. The Hall–Kier alpha value is -2.32. The van der Waals surface area contributed by atoms with Crippen molar-refractivity contribution in [2.75, 3.05) is 11.6 Å². The van der Waals surface area contributed by atoms with Crippen LogP contribution in [-0.2, 0) is 0 Å². The van der Waals surface area contributed by atoms with Crippen LogP contribution >= 0.6 is 27.7 Å². The molecule has 126 valence electrons. The summed E-state index contributed by atoms with van der Waals surface area (Å²) in [6, 6.07) is 12.6. The summed E-state index contributed by atoms with van der Waals surface area (Å²) in [6.07, 6.45) is 1.51. The van der Waals surface area contributed by atoms with Crippen molar-refractivity contribution in [3.8, 4) is 17.0 Å². The minimum atomic E-state index is -0.350. The van der Waals surface area contributed by atoms with Gasteiger partial charge in [-0.1, -0.05) is 27.7 Å². The summed E-state index contributed by atoms with van der Waals surface area (Å²) in [5, 5.41) is 18.1. The second-order valence-electron chi connectivity index (χ2n) is 5.58. The minimum absolute atomic E-state index is 0.191. The Morgan fingerprint density at radius 2 is 2.00 bits per heavy atom. The number of anilines is 1. The van der Waals surface area contributed by atoms with Crippen molar-refractivity contribution in [1.82, 2.24) is 10.1 Å². The molecule has 0 aliphatic carbocycles. The molecule has 0 saturated carbocycles. The summed E-state index contributed by atoms with van der Waals surface area (Å²) < 4.78 is 2.59. The van der Waals surface area contributed by atoms with Crippen LogP contribution < -0.4 is 15.6 Å². The molecule has 1 aromatic heterocycles. The highest BCUT2D eigenvalue weighted by Crippen LogP contribution is 2.34. The number of nitrogens with one attached hydrogen (secondary N) is 2. The second-order valence-corrected chi connectivity index (χ2v) is 7.30. The van der Waals surface area contributed by atoms with Crippen molar-refractivity contribution < 1.29 is 9.79 Å². The minimum Gasteiger partial charge on any atom is -0.508 e. The summed E-state index contributed by atoms with van der Waals surface area (Å²) in [5.74, 6) is 0.192. The maximum atomic E-state index is 12.7. The van der Waals surface area contributed by atoms with E-state index >= 15 is 0 Å². The van der Waals surface area contributed by atoms with Gasteiger partial charge in [-0.05, 0) is 53.4 Å². The molecule has 0 fully saturated rings. The van der Waals surface area contributed by atoms with Gasteiger partial charge < -0.3 is 10.4 Å². The van der Waals surface area contributed by atoms with E-state index in [9.17, 15) is 9.90 Å². The van der Waals surface area contributed by atoms with E-state index in [0.717, 1.165) is 21.3 Å². The van der Waals surface area contributed by atoms with Gasteiger partial charge in [-0.2, -0.15) is 0 Å². The lowest BCUT2D eigenvalue weighted by Gasteiger charge is -2.22. The van der Waals surface area contributed by atoms with Crippen LogP contribution in [0.4, 0.5) is 5.69 Å². The largest absolute Gasteiger partial charge is 0.508 e. The molecule has 0 saturated heterocycles. The predicted molar refractivity (Wildman–Crippen MR) is 99.8 cm³/mol. The lowest BCUT2D eigenvalue weighted by molar-refractivity contribution is -0.759. The molecule has 2 aromatic carbocycles. The van der Waals surface area contributed by atoms with Crippen molar-refractivity contribution in [2.45, 2.75) is 11.3 Å². The van der Waals surface area contributed by atoms with Gasteiger partial charge in [-0.15, -0.1) is 0 Å². The highest BCUT2D eigenvalue weighted by molar-refractivity contribution is 9.10. The maximum Gasteiger partial charge on any atom is 0.325 e. The predicted octanol–water partition coefficient (Wildman–Crippen LogP) is 2.89. The number of hydrogen-bond acceptors (Lipinski definition) is 5.